The molecule has 0 spiro atoms. The number of nitrogens with zero attached hydrogens (tertiary/aromatic N) is 4. The van der Waals surface area contributed by atoms with E-state index in [0.717, 1.165) is 22.6 Å². The molecule has 0 bridgehead atoms. The molecule has 1 saturated heterocycles. The molecular formula is C31H29F2N5O4. The fourth-order valence-electron chi connectivity index (χ4n) is 5.44. The van der Waals surface area contributed by atoms with Crippen molar-refractivity contribution < 1.29 is 28.2 Å². The quantitative estimate of drug-likeness (QED) is 0.413. The van der Waals surface area contributed by atoms with Crippen LogP contribution in [-0.4, -0.2) is 63.5 Å². The zero-order valence-electron chi connectivity index (χ0n) is 22.7. The number of hydrogen-bond acceptors (Lipinski definition) is 7. The molecule has 6 rings (SSSR count). The second-order valence-corrected chi connectivity index (χ2v) is 11.1. The summed E-state index contributed by atoms with van der Waals surface area (Å²) in [7, 11) is 0. The third-order valence-corrected chi connectivity index (χ3v) is 8.10. The van der Waals surface area contributed by atoms with Gasteiger partial charge in [0.2, 0.25) is 11.8 Å². The molecule has 1 aliphatic heterocycles. The van der Waals surface area contributed by atoms with Crippen molar-refractivity contribution in [3.05, 3.63) is 71.7 Å². The molecule has 11 heteroatoms. The fraction of sp³-hybridized carbons (Fsp3) is 0.387. The summed E-state index contributed by atoms with van der Waals surface area (Å²) in [4.78, 5) is 34.3. The smallest absolute Gasteiger partial charge is 0.301 e. The molecule has 3 heterocycles. The second kappa shape index (κ2) is 11.1. The third kappa shape index (κ3) is 5.81. The minimum Gasteiger partial charge on any atom is -0.483 e. The molecule has 3 aliphatic rings. The van der Waals surface area contributed by atoms with Crippen molar-refractivity contribution >= 4 is 17.6 Å². The summed E-state index contributed by atoms with van der Waals surface area (Å²) in [5, 5.41) is 21.6. The lowest BCUT2D eigenvalue weighted by Gasteiger charge is -2.38. The van der Waals surface area contributed by atoms with Crippen molar-refractivity contribution in [1.29, 1.82) is 5.26 Å². The molecule has 2 amide bonds. The second-order valence-electron chi connectivity index (χ2n) is 11.1. The predicted molar refractivity (Wildman–Crippen MR) is 148 cm³/mol. The Morgan fingerprint density at radius 2 is 1.93 bits per heavy atom. The Hall–Kier alpha value is -4.43. The standard InChI is InChI=1S/C31H29F2N5O4/c32-31(33)17-38(29(40)16-39)10-8-27(31)42-26-6-4-19(11-22(26)14-34)20-7-9-35-28(12-20)37-30(41)24-13-23(24)21-3-5-25(36-15-21)18-1-2-18/h3-7,9,11-12,15,18,23-24,27,39H,1-2,8,10,13,16-17H2,(H,35,37,41)/t23?,24?,27-/m0/s1. The molecule has 2 saturated carbocycles. The first kappa shape index (κ1) is 27.7. The maximum absolute atomic E-state index is 14.7. The van der Waals surface area contributed by atoms with E-state index in [-0.39, 0.29) is 42.0 Å². The van der Waals surface area contributed by atoms with Crippen molar-refractivity contribution in [1.82, 2.24) is 14.9 Å². The van der Waals surface area contributed by atoms with Gasteiger partial charge in [-0.15, -0.1) is 0 Å². The molecule has 3 fully saturated rings. The van der Waals surface area contributed by atoms with Gasteiger partial charge in [0.15, 0.2) is 6.10 Å². The van der Waals surface area contributed by atoms with Crippen molar-refractivity contribution in [2.45, 2.75) is 49.5 Å². The number of aromatic nitrogens is 2. The molecule has 42 heavy (non-hydrogen) atoms. The topological polar surface area (TPSA) is 128 Å². The summed E-state index contributed by atoms with van der Waals surface area (Å²) in [6.45, 7) is -1.69. The Morgan fingerprint density at radius 3 is 2.62 bits per heavy atom. The van der Waals surface area contributed by atoms with Crippen molar-refractivity contribution in [3.8, 4) is 22.9 Å². The number of alkyl halides is 2. The molecule has 3 atom stereocenters. The van der Waals surface area contributed by atoms with E-state index in [4.69, 9.17) is 9.84 Å². The number of piperidine rings is 1. The minimum atomic E-state index is -3.36. The zero-order valence-corrected chi connectivity index (χ0v) is 22.7. The molecule has 2 N–H and O–H groups in total. The Morgan fingerprint density at radius 1 is 1.12 bits per heavy atom. The van der Waals surface area contributed by atoms with Gasteiger partial charge in [-0.1, -0.05) is 12.1 Å². The Labute approximate surface area is 241 Å². The van der Waals surface area contributed by atoms with Gasteiger partial charge in [-0.2, -0.15) is 5.26 Å². The Balaban J connectivity index is 1.10. The monoisotopic (exact) mass is 573 g/mol. The maximum atomic E-state index is 14.7. The largest absolute Gasteiger partial charge is 0.483 e. The molecule has 2 aliphatic carbocycles. The van der Waals surface area contributed by atoms with Crippen LogP contribution in [0.5, 0.6) is 5.75 Å². The first-order chi connectivity index (χ1) is 20.3. The normalized spacial score (nSPS) is 22.6. The number of halogens is 2. The number of hydrogen-bond donors (Lipinski definition) is 2. The molecule has 3 aromatic rings. The summed E-state index contributed by atoms with van der Waals surface area (Å²) in [5.41, 5.74) is 3.56. The van der Waals surface area contributed by atoms with Gasteiger partial charge in [0.25, 0.3) is 0 Å². The van der Waals surface area contributed by atoms with Crippen LogP contribution in [0.3, 0.4) is 0 Å². The number of likely N-dealkylation sites (tertiary alicyclic amines) is 1. The van der Waals surface area contributed by atoms with Crippen molar-refractivity contribution in [2.75, 3.05) is 25.0 Å². The first-order valence-electron chi connectivity index (χ1n) is 14.0. The fourth-order valence-corrected chi connectivity index (χ4v) is 5.44. The van der Waals surface area contributed by atoms with E-state index >= 15 is 0 Å². The maximum Gasteiger partial charge on any atom is 0.301 e. The van der Waals surface area contributed by atoms with E-state index in [1.54, 1.807) is 24.4 Å². The summed E-state index contributed by atoms with van der Waals surface area (Å²) in [6.07, 6.45) is 4.89. The highest BCUT2D eigenvalue weighted by Crippen LogP contribution is 2.48. The molecule has 2 unspecified atom stereocenters. The van der Waals surface area contributed by atoms with Crippen LogP contribution in [0.25, 0.3) is 11.1 Å². The summed E-state index contributed by atoms with van der Waals surface area (Å²) < 4.78 is 35.0. The van der Waals surface area contributed by atoms with Gasteiger partial charge in [0, 0.05) is 42.9 Å². The highest BCUT2D eigenvalue weighted by molar-refractivity contribution is 5.95. The Kier molecular flexibility index (Phi) is 7.33. The van der Waals surface area contributed by atoms with Gasteiger partial charge in [-0.3, -0.25) is 14.6 Å². The minimum absolute atomic E-state index is 0.00914. The van der Waals surface area contributed by atoms with E-state index < -0.39 is 31.1 Å². The molecule has 1 aromatic carbocycles. The van der Waals surface area contributed by atoms with Crippen LogP contribution in [-0.2, 0) is 9.59 Å². The van der Waals surface area contributed by atoms with Crippen molar-refractivity contribution in [2.24, 2.45) is 5.92 Å². The number of anilines is 1. The lowest BCUT2D eigenvalue weighted by Crippen LogP contribution is -2.55. The van der Waals surface area contributed by atoms with E-state index in [9.17, 15) is 23.6 Å². The van der Waals surface area contributed by atoms with Gasteiger partial charge < -0.3 is 20.1 Å². The highest BCUT2D eigenvalue weighted by atomic mass is 19.3. The highest BCUT2D eigenvalue weighted by Gasteiger charge is 2.48. The number of rotatable bonds is 8. The molecule has 216 valence electrons. The number of ether oxygens (including phenoxy) is 1. The first-order valence-corrected chi connectivity index (χ1v) is 14.0. The number of nitriles is 1. The summed E-state index contributed by atoms with van der Waals surface area (Å²) in [5.74, 6) is -3.30. The average Bonchev–Trinajstić information content (AvgIpc) is 3.92. The Bertz CT molecular complexity index is 1550. The average molecular weight is 574 g/mol. The van der Waals surface area contributed by atoms with Crippen LogP contribution < -0.4 is 10.1 Å². The van der Waals surface area contributed by atoms with Gasteiger partial charge in [0.05, 0.1) is 12.1 Å². The van der Waals surface area contributed by atoms with Gasteiger partial charge in [-0.05, 0) is 72.2 Å². The zero-order chi connectivity index (χ0) is 29.4. The van der Waals surface area contributed by atoms with Crippen LogP contribution in [0.1, 0.15) is 54.3 Å². The van der Waals surface area contributed by atoms with Crippen LogP contribution in [0.15, 0.2) is 54.9 Å². The van der Waals surface area contributed by atoms with Crippen LogP contribution >= 0.6 is 0 Å². The predicted octanol–water partition coefficient (Wildman–Crippen LogP) is 4.24. The van der Waals surface area contributed by atoms with Gasteiger partial charge in [-0.25, -0.2) is 13.8 Å². The number of aliphatic hydroxyl groups excluding tert-OH is 1. The lowest BCUT2D eigenvalue weighted by molar-refractivity contribution is -0.161. The SMILES string of the molecule is N#Cc1cc(-c2ccnc(NC(=O)C3CC3c3ccc(C4CC4)nc3)c2)ccc1O[C@H]1CCN(C(=O)CO)CC1(F)F. The molecule has 9 nitrogen and oxygen atoms in total. The van der Waals surface area contributed by atoms with E-state index in [0.29, 0.717) is 22.9 Å². The van der Waals surface area contributed by atoms with Crippen LogP contribution in [0, 0.1) is 17.2 Å². The summed E-state index contributed by atoms with van der Waals surface area (Å²) >= 11 is 0. The van der Waals surface area contributed by atoms with Gasteiger partial charge >= 0.3 is 5.92 Å². The van der Waals surface area contributed by atoms with E-state index in [1.165, 1.54) is 25.0 Å². The van der Waals surface area contributed by atoms with Crippen LogP contribution in [0.4, 0.5) is 14.6 Å². The molecule has 0 radical (unpaired) electrons. The molecule has 2 aromatic heterocycles. The van der Waals surface area contributed by atoms with Crippen LogP contribution in [0.2, 0.25) is 0 Å². The number of amides is 2. The molecular weight excluding hydrogens is 544 g/mol. The summed E-state index contributed by atoms with van der Waals surface area (Å²) in [6, 6.07) is 14.2. The van der Waals surface area contributed by atoms with E-state index in [2.05, 4.69) is 27.4 Å². The number of carbonyl (C=O) groups excluding carboxylic acids is 2. The van der Waals surface area contributed by atoms with E-state index in [1.807, 2.05) is 12.3 Å². The number of nitrogens with one attached hydrogen (secondary N) is 1. The number of benzene rings is 1. The number of aliphatic hydroxyl groups is 1. The number of pyridine rings is 2. The van der Waals surface area contributed by atoms with Gasteiger partial charge in [0.1, 0.15) is 24.2 Å². The van der Waals surface area contributed by atoms with Crippen molar-refractivity contribution in [3.63, 3.8) is 0 Å². The third-order valence-electron chi connectivity index (χ3n) is 8.10. The lowest BCUT2D eigenvalue weighted by atomic mass is 10.0. The number of carbonyl (C=O) groups is 2.